The number of aliphatic imine (C=N–C) groups is 1. The van der Waals surface area contributed by atoms with Crippen molar-refractivity contribution in [2.24, 2.45) is 12.0 Å². The number of nitrogens with one attached hydrogen (secondary N) is 2. The van der Waals surface area contributed by atoms with Crippen LogP contribution in [0.3, 0.4) is 0 Å². The van der Waals surface area contributed by atoms with E-state index in [0.29, 0.717) is 6.04 Å². The lowest BCUT2D eigenvalue weighted by Gasteiger charge is -2.34. The summed E-state index contributed by atoms with van der Waals surface area (Å²) in [4.78, 5) is 6.83. The summed E-state index contributed by atoms with van der Waals surface area (Å²) in [6, 6.07) is 0.387. The molecule has 2 aromatic rings. The number of halogens is 1. The standard InChI is InChI=1S/C21H35N9.HI/c1-22-21(25-17-8-7-12-29(15-17)18-14-24-28(2)16-18)23-11-6-10-20-27-26-19-9-4-3-5-13-30(19)20;/h14,16-17H,3-13,15H2,1-2H3,(H2,22,23,25);1H. The summed E-state index contributed by atoms with van der Waals surface area (Å²) in [5.41, 5.74) is 1.19. The van der Waals surface area contributed by atoms with Crippen LogP contribution in [-0.4, -0.2) is 63.2 Å². The molecule has 172 valence electrons. The number of fused-ring (bicyclic) bond motifs is 1. The second-order valence-electron chi connectivity index (χ2n) is 8.40. The van der Waals surface area contributed by atoms with E-state index in [2.05, 4.69) is 46.6 Å². The quantitative estimate of drug-likeness (QED) is 0.252. The summed E-state index contributed by atoms with van der Waals surface area (Å²) in [5, 5.41) is 20.2. The molecule has 9 nitrogen and oxygen atoms in total. The molecule has 0 aliphatic carbocycles. The van der Waals surface area contributed by atoms with Crippen molar-refractivity contribution in [1.29, 1.82) is 0 Å². The Hall–Kier alpha value is -1.85. The van der Waals surface area contributed by atoms with Crippen molar-refractivity contribution in [3.8, 4) is 0 Å². The van der Waals surface area contributed by atoms with Gasteiger partial charge in [0.05, 0.1) is 11.9 Å². The van der Waals surface area contributed by atoms with Crippen molar-refractivity contribution < 1.29 is 0 Å². The van der Waals surface area contributed by atoms with E-state index in [1.807, 2.05) is 25.0 Å². The van der Waals surface area contributed by atoms with Gasteiger partial charge >= 0.3 is 0 Å². The van der Waals surface area contributed by atoms with Crippen LogP contribution in [0.15, 0.2) is 17.4 Å². The van der Waals surface area contributed by atoms with Crippen molar-refractivity contribution in [2.45, 2.75) is 64.0 Å². The van der Waals surface area contributed by atoms with Crippen LogP contribution < -0.4 is 15.5 Å². The SMILES string of the molecule is CN=C(NCCCc1nnc2n1CCCCC2)NC1CCCN(c2cnn(C)c2)C1.I. The highest BCUT2D eigenvalue weighted by molar-refractivity contribution is 14.0. The molecule has 2 aromatic heterocycles. The maximum Gasteiger partial charge on any atom is 0.191 e. The molecule has 0 amide bonds. The average molecular weight is 541 g/mol. The fraction of sp³-hybridized carbons (Fsp3) is 0.714. The van der Waals surface area contributed by atoms with Gasteiger partial charge in [0.15, 0.2) is 5.96 Å². The molecule has 0 bridgehead atoms. The Morgan fingerprint density at radius 2 is 2.10 bits per heavy atom. The monoisotopic (exact) mass is 541 g/mol. The van der Waals surface area contributed by atoms with E-state index in [1.54, 1.807) is 0 Å². The highest BCUT2D eigenvalue weighted by atomic mass is 127. The lowest BCUT2D eigenvalue weighted by molar-refractivity contribution is 0.467. The Morgan fingerprint density at radius 3 is 2.90 bits per heavy atom. The van der Waals surface area contributed by atoms with Crippen LogP contribution in [0.1, 0.15) is 50.2 Å². The number of anilines is 1. The van der Waals surface area contributed by atoms with E-state index in [0.717, 1.165) is 63.6 Å². The number of hydrogen-bond acceptors (Lipinski definition) is 5. The van der Waals surface area contributed by atoms with Crippen molar-refractivity contribution in [3.63, 3.8) is 0 Å². The molecule has 0 radical (unpaired) electrons. The molecule has 1 saturated heterocycles. The first-order valence-electron chi connectivity index (χ1n) is 11.3. The third kappa shape index (κ3) is 6.33. The molecule has 0 saturated carbocycles. The summed E-state index contributed by atoms with van der Waals surface area (Å²) in [7, 11) is 3.81. The molecule has 2 aliphatic heterocycles. The Kier molecular flexibility index (Phi) is 8.97. The predicted octanol–water partition coefficient (Wildman–Crippen LogP) is 2.12. The largest absolute Gasteiger partial charge is 0.367 e. The Bertz CT molecular complexity index is 844. The number of aromatic nitrogens is 5. The van der Waals surface area contributed by atoms with Gasteiger partial charge in [-0.25, -0.2) is 0 Å². The maximum atomic E-state index is 4.44. The van der Waals surface area contributed by atoms with Crippen LogP contribution in [0.2, 0.25) is 0 Å². The number of rotatable bonds is 6. The third-order valence-corrected chi connectivity index (χ3v) is 6.10. The molecule has 0 aromatic carbocycles. The molecule has 2 aliphatic rings. The van der Waals surface area contributed by atoms with Gasteiger partial charge in [0.1, 0.15) is 11.6 Å². The van der Waals surface area contributed by atoms with Crippen LogP contribution in [-0.2, 0) is 26.4 Å². The molecule has 1 fully saturated rings. The van der Waals surface area contributed by atoms with Gasteiger partial charge in [-0.3, -0.25) is 9.67 Å². The first-order valence-corrected chi connectivity index (χ1v) is 11.3. The number of aryl methyl sites for hydroxylation is 3. The fourth-order valence-corrected chi connectivity index (χ4v) is 4.47. The van der Waals surface area contributed by atoms with E-state index in [4.69, 9.17) is 0 Å². The zero-order valence-corrected chi connectivity index (χ0v) is 21.1. The zero-order chi connectivity index (χ0) is 20.8. The average Bonchev–Trinajstić information content (AvgIpc) is 3.29. The Morgan fingerprint density at radius 1 is 1.19 bits per heavy atom. The minimum atomic E-state index is 0. The van der Waals surface area contributed by atoms with Crippen molar-refractivity contribution in [1.82, 2.24) is 35.2 Å². The molecule has 2 N–H and O–H groups in total. The second-order valence-corrected chi connectivity index (χ2v) is 8.40. The smallest absolute Gasteiger partial charge is 0.191 e. The Balaban J connectivity index is 0.00000272. The molecule has 10 heteroatoms. The van der Waals surface area contributed by atoms with Crippen LogP contribution >= 0.6 is 24.0 Å². The summed E-state index contributed by atoms with van der Waals surface area (Å²) in [5.74, 6) is 3.19. The van der Waals surface area contributed by atoms with Gasteiger partial charge in [-0.05, 0) is 32.1 Å². The van der Waals surface area contributed by atoms with Crippen LogP contribution in [0.5, 0.6) is 0 Å². The maximum absolute atomic E-state index is 4.44. The van der Waals surface area contributed by atoms with Crippen LogP contribution in [0.4, 0.5) is 5.69 Å². The molecule has 1 atom stereocenters. The lowest BCUT2D eigenvalue weighted by Crippen LogP contribution is -2.51. The van der Waals surface area contributed by atoms with E-state index < -0.39 is 0 Å². The molecular formula is C21H36IN9. The first-order chi connectivity index (χ1) is 14.7. The van der Waals surface area contributed by atoms with Gasteiger partial charge in [-0.15, -0.1) is 34.2 Å². The van der Waals surface area contributed by atoms with Gasteiger partial charge in [-0.2, -0.15) is 5.10 Å². The Labute approximate surface area is 202 Å². The topological polar surface area (TPSA) is 88.2 Å². The minimum absolute atomic E-state index is 0. The molecule has 4 rings (SSSR count). The molecule has 31 heavy (non-hydrogen) atoms. The van der Waals surface area contributed by atoms with E-state index in [9.17, 15) is 0 Å². The summed E-state index contributed by atoms with van der Waals surface area (Å²) < 4.78 is 4.20. The fourth-order valence-electron chi connectivity index (χ4n) is 4.47. The zero-order valence-electron chi connectivity index (χ0n) is 18.8. The number of guanidine groups is 1. The molecular weight excluding hydrogens is 505 g/mol. The van der Waals surface area contributed by atoms with Gasteiger partial charge < -0.3 is 20.1 Å². The predicted molar refractivity (Wildman–Crippen MR) is 134 cm³/mol. The normalized spacial score (nSPS) is 19.4. The van der Waals surface area contributed by atoms with Crippen LogP contribution in [0, 0.1) is 0 Å². The number of nitrogens with zero attached hydrogens (tertiary/aromatic N) is 7. The van der Waals surface area contributed by atoms with E-state index in [1.165, 1.54) is 37.2 Å². The number of hydrogen-bond donors (Lipinski definition) is 2. The van der Waals surface area contributed by atoms with Gasteiger partial charge in [0, 0.05) is 65.4 Å². The first kappa shape index (κ1) is 23.8. The van der Waals surface area contributed by atoms with Gasteiger partial charge in [0.2, 0.25) is 0 Å². The number of piperidine rings is 1. The molecule has 0 spiro atoms. The van der Waals surface area contributed by atoms with Crippen molar-refractivity contribution in [2.75, 3.05) is 31.6 Å². The van der Waals surface area contributed by atoms with Gasteiger partial charge in [0.25, 0.3) is 0 Å². The summed E-state index contributed by atoms with van der Waals surface area (Å²) in [6.07, 6.45) is 13.2. The summed E-state index contributed by atoms with van der Waals surface area (Å²) in [6.45, 7) is 4.00. The lowest BCUT2D eigenvalue weighted by atomic mass is 10.1. The third-order valence-electron chi connectivity index (χ3n) is 6.10. The highest BCUT2D eigenvalue weighted by Gasteiger charge is 2.22. The van der Waals surface area contributed by atoms with Crippen LogP contribution in [0.25, 0.3) is 0 Å². The minimum Gasteiger partial charge on any atom is -0.367 e. The molecule has 4 heterocycles. The second kappa shape index (κ2) is 11.7. The van der Waals surface area contributed by atoms with Gasteiger partial charge in [-0.1, -0.05) is 6.42 Å². The van der Waals surface area contributed by atoms with Crippen molar-refractivity contribution >= 4 is 35.6 Å². The van der Waals surface area contributed by atoms with E-state index >= 15 is 0 Å². The van der Waals surface area contributed by atoms with E-state index in [-0.39, 0.29) is 24.0 Å². The highest BCUT2D eigenvalue weighted by Crippen LogP contribution is 2.19. The summed E-state index contributed by atoms with van der Waals surface area (Å²) >= 11 is 0. The van der Waals surface area contributed by atoms with Crippen molar-refractivity contribution in [3.05, 3.63) is 24.0 Å². The molecule has 1 unspecified atom stereocenters.